The summed E-state index contributed by atoms with van der Waals surface area (Å²) in [5.41, 5.74) is 0.728. The van der Waals surface area contributed by atoms with Gasteiger partial charge in [-0.2, -0.15) is 0 Å². The minimum Gasteiger partial charge on any atom is -0.455 e. The van der Waals surface area contributed by atoms with E-state index in [4.69, 9.17) is 4.74 Å². The quantitative estimate of drug-likeness (QED) is 0.830. The van der Waals surface area contributed by atoms with Gasteiger partial charge in [0.05, 0.1) is 5.69 Å². The van der Waals surface area contributed by atoms with Crippen LogP contribution in [-0.2, 0) is 4.79 Å². The smallest absolute Gasteiger partial charge is 0.227 e. The molecule has 1 saturated heterocycles. The Kier molecular flexibility index (Phi) is 6.29. The molecule has 2 aromatic carbocycles. The molecule has 1 N–H and O–H groups in total. The van der Waals surface area contributed by atoms with E-state index in [1.807, 2.05) is 54.6 Å². The van der Waals surface area contributed by atoms with Crippen molar-refractivity contribution in [1.29, 1.82) is 0 Å². The van der Waals surface area contributed by atoms with Crippen molar-refractivity contribution in [2.45, 2.75) is 39.2 Å². The molecule has 4 nitrogen and oxygen atoms in total. The Labute approximate surface area is 156 Å². The Balaban J connectivity index is 1.66. The van der Waals surface area contributed by atoms with E-state index in [2.05, 4.69) is 24.1 Å². The number of hydrogen-bond acceptors (Lipinski definition) is 3. The maximum absolute atomic E-state index is 12.8. The van der Waals surface area contributed by atoms with Crippen molar-refractivity contribution in [2.24, 2.45) is 5.92 Å². The molecule has 1 amide bonds. The number of amides is 1. The molecule has 0 aliphatic carbocycles. The summed E-state index contributed by atoms with van der Waals surface area (Å²) in [6, 6.07) is 17.8. The number of benzene rings is 2. The zero-order valence-electron chi connectivity index (χ0n) is 15.7. The zero-order chi connectivity index (χ0) is 18.4. The molecule has 0 saturated carbocycles. The molecule has 1 aliphatic rings. The molecule has 138 valence electrons. The largest absolute Gasteiger partial charge is 0.455 e. The predicted molar refractivity (Wildman–Crippen MR) is 106 cm³/mol. The van der Waals surface area contributed by atoms with Gasteiger partial charge in [-0.05, 0) is 70.5 Å². The lowest BCUT2D eigenvalue weighted by Gasteiger charge is -2.24. The molecule has 0 aromatic heterocycles. The van der Waals surface area contributed by atoms with Gasteiger partial charge < -0.3 is 15.0 Å². The first-order chi connectivity index (χ1) is 12.6. The average molecular weight is 352 g/mol. The van der Waals surface area contributed by atoms with Gasteiger partial charge in [0.15, 0.2) is 5.75 Å². The minimum absolute atomic E-state index is 0.0588. The Morgan fingerprint density at radius 2 is 1.77 bits per heavy atom. The van der Waals surface area contributed by atoms with Crippen molar-refractivity contribution >= 4 is 11.6 Å². The molecule has 1 fully saturated rings. The number of anilines is 1. The van der Waals surface area contributed by atoms with Gasteiger partial charge in [0.1, 0.15) is 5.75 Å². The molecule has 3 rings (SSSR count). The highest BCUT2D eigenvalue weighted by Gasteiger charge is 2.24. The van der Waals surface area contributed by atoms with Gasteiger partial charge in [-0.25, -0.2) is 0 Å². The van der Waals surface area contributed by atoms with Crippen LogP contribution in [0.4, 0.5) is 5.69 Å². The number of ether oxygens (including phenoxy) is 1. The second-order valence-electron chi connectivity index (χ2n) is 7.16. The fraction of sp³-hybridized carbons (Fsp3) is 0.409. The van der Waals surface area contributed by atoms with Crippen molar-refractivity contribution in [3.05, 3.63) is 54.6 Å². The van der Waals surface area contributed by atoms with Gasteiger partial charge >= 0.3 is 0 Å². The van der Waals surface area contributed by atoms with Crippen molar-refractivity contribution in [3.63, 3.8) is 0 Å². The number of rotatable bonds is 5. The Morgan fingerprint density at radius 3 is 2.54 bits per heavy atom. The summed E-state index contributed by atoms with van der Waals surface area (Å²) in [6.45, 7) is 6.50. The number of hydrogen-bond donors (Lipinski definition) is 1. The van der Waals surface area contributed by atoms with E-state index in [-0.39, 0.29) is 11.8 Å². The summed E-state index contributed by atoms with van der Waals surface area (Å²) >= 11 is 0. The van der Waals surface area contributed by atoms with Crippen molar-refractivity contribution < 1.29 is 9.53 Å². The molecular formula is C22H28N2O2. The number of likely N-dealkylation sites (tertiary alicyclic amines) is 1. The second-order valence-corrected chi connectivity index (χ2v) is 7.16. The number of carbonyl (C=O) groups is 1. The van der Waals surface area contributed by atoms with E-state index in [0.717, 1.165) is 43.8 Å². The van der Waals surface area contributed by atoms with Crippen LogP contribution in [0.2, 0.25) is 0 Å². The molecule has 0 bridgehead atoms. The van der Waals surface area contributed by atoms with Gasteiger partial charge in [0.2, 0.25) is 5.91 Å². The molecule has 1 aliphatic heterocycles. The normalized spacial score (nSPS) is 18.3. The fourth-order valence-corrected chi connectivity index (χ4v) is 3.41. The molecule has 4 heteroatoms. The maximum atomic E-state index is 12.8. The Bertz CT molecular complexity index is 715. The van der Waals surface area contributed by atoms with Crippen LogP contribution in [0, 0.1) is 5.92 Å². The van der Waals surface area contributed by atoms with E-state index in [1.165, 1.54) is 0 Å². The molecular weight excluding hydrogens is 324 g/mol. The second kappa shape index (κ2) is 8.86. The van der Waals surface area contributed by atoms with E-state index in [0.29, 0.717) is 11.8 Å². The fourth-order valence-electron chi connectivity index (χ4n) is 3.41. The van der Waals surface area contributed by atoms with Crippen LogP contribution in [0.5, 0.6) is 11.5 Å². The minimum atomic E-state index is 0.0588. The first-order valence-electron chi connectivity index (χ1n) is 9.50. The first kappa shape index (κ1) is 18.5. The third-order valence-corrected chi connectivity index (χ3v) is 4.98. The molecule has 26 heavy (non-hydrogen) atoms. The van der Waals surface area contributed by atoms with Gasteiger partial charge in [-0.1, -0.05) is 30.3 Å². The third-order valence-electron chi connectivity index (χ3n) is 4.98. The summed E-state index contributed by atoms with van der Waals surface area (Å²) < 4.78 is 5.95. The highest BCUT2D eigenvalue weighted by Crippen LogP contribution is 2.30. The summed E-state index contributed by atoms with van der Waals surface area (Å²) in [7, 11) is 0. The van der Waals surface area contributed by atoms with Crippen molar-refractivity contribution in [3.8, 4) is 11.5 Å². The molecule has 1 unspecified atom stereocenters. The van der Waals surface area contributed by atoms with E-state index in [9.17, 15) is 4.79 Å². The van der Waals surface area contributed by atoms with Crippen LogP contribution < -0.4 is 10.1 Å². The van der Waals surface area contributed by atoms with Crippen LogP contribution >= 0.6 is 0 Å². The maximum Gasteiger partial charge on any atom is 0.227 e. The number of carbonyl (C=O) groups excluding carboxylic acids is 1. The van der Waals surface area contributed by atoms with E-state index < -0.39 is 0 Å². The van der Waals surface area contributed by atoms with Crippen molar-refractivity contribution in [1.82, 2.24) is 4.90 Å². The average Bonchev–Trinajstić information content (AvgIpc) is 2.91. The van der Waals surface area contributed by atoms with Crippen LogP contribution in [0.3, 0.4) is 0 Å². The molecule has 0 spiro atoms. The lowest BCUT2D eigenvalue weighted by Crippen LogP contribution is -2.32. The first-order valence-corrected chi connectivity index (χ1v) is 9.50. The van der Waals surface area contributed by atoms with Gasteiger partial charge in [0.25, 0.3) is 0 Å². The van der Waals surface area contributed by atoms with E-state index >= 15 is 0 Å². The summed E-state index contributed by atoms with van der Waals surface area (Å²) in [4.78, 5) is 15.3. The summed E-state index contributed by atoms with van der Waals surface area (Å²) in [6.07, 6.45) is 2.92. The topological polar surface area (TPSA) is 41.6 Å². The van der Waals surface area contributed by atoms with Crippen LogP contribution in [-0.4, -0.2) is 29.9 Å². The Hall–Kier alpha value is -2.33. The number of nitrogens with one attached hydrogen (secondary N) is 1. The summed E-state index contributed by atoms with van der Waals surface area (Å²) in [5, 5.41) is 3.09. The lowest BCUT2D eigenvalue weighted by molar-refractivity contribution is -0.120. The standard InChI is InChI=1S/C22H28N2O2/c1-17(2)24-15-8-9-18(14-16-24)22(25)23-20-12-6-7-13-21(20)26-19-10-4-3-5-11-19/h3-7,10-13,17-18H,8-9,14-16H2,1-2H3,(H,23,25). The zero-order valence-corrected chi connectivity index (χ0v) is 15.7. The number of para-hydroxylation sites is 3. The summed E-state index contributed by atoms with van der Waals surface area (Å²) in [5.74, 6) is 1.59. The highest BCUT2D eigenvalue weighted by molar-refractivity contribution is 5.94. The van der Waals surface area contributed by atoms with Gasteiger partial charge in [-0.3, -0.25) is 4.79 Å². The number of nitrogens with zero attached hydrogens (tertiary/aromatic N) is 1. The van der Waals surface area contributed by atoms with Gasteiger partial charge in [-0.15, -0.1) is 0 Å². The van der Waals surface area contributed by atoms with Crippen molar-refractivity contribution in [2.75, 3.05) is 18.4 Å². The molecule has 2 aromatic rings. The van der Waals surface area contributed by atoms with Crippen LogP contribution in [0.1, 0.15) is 33.1 Å². The molecule has 1 heterocycles. The molecule has 1 atom stereocenters. The monoisotopic (exact) mass is 352 g/mol. The Morgan fingerprint density at radius 1 is 1.04 bits per heavy atom. The van der Waals surface area contributed by atoms with E-state index in [1.54, 1.807) is 0 Å². The highest BCUT2D eigenvalue weighted by atomic mass is 16.5. The lowest BCUT2D eigenvalue weighted by atomic mass is 9.99. The SMILES string of the molecule is CC(C)N1CCCC(C(=O)Nc2ccccc2Oc2ccccc2)CC1. The van der Waals surface area contributed by atoms with Crippen LogP contribution in [0.15, 0.2) is 54.6 Å². The molecule has 0 radical (unpaired) electrons. The van der Waals surface area contributed by atoms with Gasteiger partial charge in [0, 0.05) is 12.0 Å². The predicted octanol–water partition coefficient (Wildman–Crippen LogP) is 4.93. The third kappa shape index (κ3) is 4.85. The van der Waals surface area contributed by atoms with Crippen LogP contribution in [0.25, 0.3) is 0 Å².